The molecule has 0 atom stereocenters. The van der Waals surface area contributed by atoms with Crippen LogP contribution in [0.3, 0.4) is 0 Å². The molecule has 0 heterocycles. The van der Waals surface area contributed by atoms with Gasteiger partial charge in [-0.05, 0) is 12.0 Å². The summed E-state index contributed by atoms with van der Waals surface area (Å²) in [5.74, 6) is 0.552. The number of nitrogens with one attached hydrogen (secondary N) is 1. The summed E-state index contributed by atoms with van der Waals surface area (Å²) in [5, 5.41) is 3.16. The van der Waals surface area contributed by atoms with Crippen LogP contribution in [0.2, 0.25) is 0 Å². The maximum atomic E-state index is 11.6. The zero-order valence-electron chi connectivity index (χ0n) is 10.4. The largest absolute Gasteiger partial charge is 0.312 e. The fourth-order valence-corrected chi connectivity index (χ4v) is 2.91. The highest BCUT2D eigenvalue weighted by molar-refractivity contribution is 7.91. The quantitative estimate of drug-likeness (QED) is 0.723. The Morgan fingerprint density at radius 3 is 2.47 bits per heavy atom. The summed E-state index contributed by atoms with van der Waals surface area (Å²) in [4.78, 5) is 0. The second kappa shape index (κ2) is 7.45. The molecule has 0 amide bonds. The Morgan fingerprint density at radius 2 is 1.82 bits per heavy atom. The zero-order chi connectivity index (χ0) is 12.6. The van der Waals surface area contributed by atoms with Gasteiger partial charge in [-0.25, -0.2) is 8.42 Å². The zero-order valence-corrected chi connectivity index (χ0v) is 11.2. The van der Waals surface area contributed by atoms with E-state index in [4.69, 9.17) is 0 Å². The SMILES string of the molecule is CCCCS(=O)(=O)CCNCc1ccccc1. The van der Waals surface area contributed by atoms with Gasteiger partial charge in [-0.3, -0.25) is 0 Å². The summed E-state index contributed by atoms with van der Waals surface area (Å²) >= 11 is 0. The minimum absolute atomic E-state index is 0.236. The highest BCUT2D eigenvalue weighted by Gasteiger charge is 2.08. The lowest BCUT2D eigenvalue weighted by Crippen LogP contribution is -2.24. The van der Waals surface area contributed by atoms with E-state index >= 15 is 0 Å². The number of rotatable bonds is 8. The molecule has 0 aliphatic heterocycles. The van der Waals surface area contributed by atoms with Gasteiger partial charge >= 0.3 is 0 Å². The first-order valence-electron chi connectivity index (χ1n) is 6.09. The fourth-order valence-electron chi connectivity index (χ4n) is 1.52. The van der Waals surface area contributed by atoms with Crippen molar-refractivity contribution in [2.45, 2.75) is 26.3 Å². The fraction of sp³-hybridized carbons (Fsp3) is 0.538. The molecule has 17 heavy (non-hydrogen) atoms. The Hall–Kier alpha value is -0.870. The van der Waals surface area contributed by atoms with Crippen LogP contribution < -0.4 is 5.32 Å². The van der Waals surface area contributed by atoms with Crippen LogP contribution in [0.15, 0.2) is 30.3 Å². The van der Waals surface area contributed by atoms with Crippen molar-refractivity contribution in [3.8, 4) is 0 Å². The lowest BCUT2D eigenvalue weighted by Gasteiger charge is -2.05. The molecule has 0 fully saturated rings. The monoisotopic (exact) mass is 255 g/mol. The van der Waals surface area contributed by atoms with Crippen LogP contribution in [0.4, 0.5) is 0 Å². The van der Waals surface area contributed by atoms with Crippen LogP contribution >= 0.6 is 0 Å². The van der Waals surface area contributed by atoms with Gasteiger partial charge in [0, 0.05) is 13.1 Å². The van der Waals surface area contributed by atoms with Gasteiger partial charge in [0.25, 0.3) is 0 Å². The van der Waals surface area contributed by atoms with Crippen molar-refractivity contribution in [3.63, 3.8) is 0 Å². The standard InChI is InChI=1S/C13H21NO2S/c1-2-3-10-17(15,16)11-9-14-12-13-7-5-4-6-8-13/h4-8,14H,2-3,9-12H2,1H3. The first kappa shape index (κ1) is 14.2. The average molecular weight is 255 g/mol. The van der Waals surface area contributed by atoms with Gasteiger partial charge < -0.3 is 5.32 Å². The Balaban J connectivity index is 2.20. The molecule has 1 rings (SSSR count). The second-order valence-corrected chi connectivity index (χ2v) is 6.47. The molecule has 0 unspecified atom stereocenters. The normalized spacial score (nSPS) is 11.6. The van der Waals surface area contributed by atoms with E-state index in [9.17, 15) is 8.42 Å². The summed E-state index contributed by atoms with van der Waals surface area (Å²) in [6.07, 6.45) is 1.69. The van der Waals surface area contributed by atoms with Gasteiger partial charge in [-0.1, -0.05) is 43.7 Å². The third-order valence-corrected chi connectivity index (χ3v) is 4.31. The molecular weight excluding hydrogens is 234 g/mol. The number of sulfone groups is 1. The summed E-state index contributed by atoms with van der Waals surface area (Å²) in [5.41, 5.74) is 1.18. The molecule has 3 nitrogen and oxygen atoms in total. The van der Waals surface area contributed by atoms with E-state index in [-0.39, 0.29) is 5.75 Å². The van der Waals surface area contributed by atoms with Crippen molar-refractivity contribution in [2.24, 2.45) is 0 Å². The number of hydrogen-bond acceptors (Lipinski definition) is 3. The maximum absolute atomic E-state index is 11.6. The van der Waals surface area contributed by atoms with Crippen LogP contribution in [0.1, 0.15) is 25.3 Å². The van der Waals surface area contributed by atoms with Crippen molar-refractivity contribution in [1.82, 2.24) is 5.32 Å². The molecule has 0 aliphatic rings. The van der Waals surface area contributed by atoms with Crippen molar-refractivity contribution in [3.05, 3.63) is 35.9 Å². The molecule has 1 aromatic carbocycles. The van der Waals surface area contributed by atoms with Crippen LogP contribution in [0.25, 0.3) is 0 Å². The lowest BCUT2D eigenvalue weighted by atomic mass is 10.2. The average Bonchev–Trinajstić information content (AvgIpc) is 2.34. The number of unbranched alkanes of at least 4 members (excludes halogenated alkanes) is 1. The third kappa shape index (κ3) is 6.44. The van der Waals surface area contributed by atoms with Gasteiger partial charge in [0.1, 0.15) is 0 Å². The van der Waals surface area contributed by atoms with Crippen molar-refractivity contribution >= 4 is 9.84 Å². The van der Waals surface area contributed by atoms with Crippen molar-refractivity contribution in [1.29, 1.82) is 0 Å². The van der Waals surface area contributed by atoms with E-state index in [0.29, 0.717) is 12.3 Å². The molecule has 0 saturated heterocycles. The van der Waals surface area contributed by atoms with E-state index in [1.165, 1.54) is 5.56 Å². The van der Waals surface area contributed by atoms with Crippen LogP contribution in [-0.4, -0.2) is 26.5 Å². The van der Waals surface area contributed by atoms with Gasteiger partial charge in [0.05, 0.1) is 11.5 Å². The molecule has 1 N–H and O–H groups in total. The predicted molar refractivity (Wildman–Crippen MR) is 71.7 cm³/mol. The Labute approximate surface area is 104 Å². The molecular formula is C13H21NO2S. The predicted octanol–water partition coefficient (Wildman–Crippen LogP) is 1.99. The molecule has 1 aromatic rings. The van der Waals surface area contributed by atoms with Gasteiger partial charge in [0.15, 0.2) is 9.84 Å². The summed E-state index contributed by atoms with van der Waals surface area (Å²) in [7, 11) is -2.86. The highest BCUT2D eigenvalue weighted by Crippen LogP contribution is 1.98. The first-order chi connectivity index (χ1) is 8.14. The van der Waals surface area contributed by atoms with Gasteiger partial charge in [-0.15, -0.1) is 0 Å². The van der Waals surface area contributed by atoms with E-state index in [1.807, 2.05) is 37.3 Å². The molecule has 0 aromatic heterocycles. The molecule has 0 bridgehead atoms. The third-order valence-electron chi connectivity index (χ3n) is 2.57. The lowest BCUT2D eigenvalue weighted by molar-refractivity contribution is 0.587. The summed E-state index contributed by atoms with van der Waals surface area (Å²) in [6, 6.07) is 9.99. The van der Waals surface area contributed by atoms with Gasteiger partial charge in [-0.2, -0.15) is 0 Å². The highest BCUT2D eigenvalue weighted by atomic mass is 32.2. The van der Waals surface area contributed by atoms with E-state index in [0.717, 1.165) is 19.4 Å². The first-order valence-corrected chi connectivity index (χ1v) is 7.91. The summed E-state index contributed by atoms with van der Waals surface area (Å²) in [6.45, 7) is 3.26. The number of hydrogen-bond donors (Lipinski definition) is 1. The van der Waals surface area contributed by atoms with E-state index in [1.54, 1.807) is 0 Å². The Kier molecular flexibility index (Phi) is 6.22. The molecule has 0 spiro atoms. The topological polar surface area (TPSA) is 46.2 Å². The van der Waals surface area contributed by atoms with Crippen LogP contribution in [0.5, 0.6) is 0 Å². The summed E-state index contributed by atoms with van der Waals surface area (Å²) < 4.78 is 23.1. The molecule has 0 aliphatic carbocycles. The Bertz CT molecular complexity index is 401. The van der Waals surface area contributed by atoms with Crippen molar-refractivity contribution in [2.75, 3.05) is 18.1 Å². The Morgan fingerprint density at radius 1 is 1.12 bits per heavy atom. The van der Waals surface area contributed by atoms with E-state index in [2.05, 4.69) is 5.32 Å². The smallest absolute Gasteiger partial charge is 0.151 e. The second-order valence-electron chi connectivity index (χ2n) is 4.17. The minimum atomic E-state index is -2.86. The molecule has 96 valence electrons. The molecule has 4 heteroatoms. The maximum Gasteiger partial charge on any atom is 0.151 e. The number of benzene rings is 1. The molecule has 0 saturated carbocycles. The minimum Gasteiger partial charge on any atom is -0.312 e. The van der Waals surface area contributed by atoms with Crippen LogP contribution in [0, 0.1) is 0 Å². The molecule has 0 radical (unpaired) electrons. The van der Waals surface area contributed by atoms with E-state index < -0.39 is 9.84 Å². The van der Waals surface area contributed by atoms with Gasteiger partial charge in [0.2, 0.25) is 0 Å². The van der Waals surface area contributed by atoms with Crippen LogP contribution in [-0.2, 0) is 16.4 Å². The van der Waals surface area contributed by atoms with Crippen molar-refractivity contribution < 1.29 is 8.42 Å².